The van der Waals surface area contributed by atoms with Crippen molar-refractivity contribution in [3.8, 4) is 0 Å². The summed E-state index contributed by atoms with van der Waals surface area (Å²) in [4.78, 5) is 65.6. The van der Waals surface area contributed by atoms with E-state index in [0.717, 1.165) is 0 Å². The molecular weight excluding hydrogens is 522 g/mol. The van der Waals surface area contributed by atoms with Gasteiger partial charge in [-0.3, -0.25) is 24.2 Å². The summed E-state index contributed by atoms with van der Waals surface area (Å²) in [6.45, 7) is 3.79. The number of nitrogens with two attached hydrogens (primary N) is 3. The van der Waals surface area contributed by atoms with Crippen LogP contribution in [0.25, 0.3) is 0 Å². The Morgan fingerprint density at radius 3 is 1.98 bits per heavy atom. The van der Waals surface area contributed by atoms with Gasteiger partial charge in [-0.25, -0.2) is 4.79 Å². The van der Waals surface area contributed by atoms with Crippen LogP contribution in [0.15, 0.2) is 35.3 Å². The number of guanidine groups is 1. The zero-order valence-corrected chi connectivity index (χ0v) is 22.8. The summed E-state index contributed by atoms with van der Waals surface area (Å²) in [5.41, 5.74) is 17.2. The van der Waals surface area contributed by atoms with Gasteiger partial charge in [-0.05, 0) is 37.2 Å². The Kier molecular flexibility index (Phi) is 14.7. The number of aliphatic imine (C=N–C) groups is 1. The summed E-state index contributed by atoms with van der Waals surface area (Å²) < 4.78 is 0. The number of benzene rings is 1. The highest BCUT2D eigenvalue weighted by Gasteiger charge is 2.30. The molecule has 0 spiro atoms. The van der Waals surface area contributed by atoms with Crippen LogP contribution in [-0.2, 0) is 30.4 Å². The number of amides is 3. The number of nitrogens with one attached hydrogen (secondary N) is 3. The van der Waals surface area contributed by atoms with Crippen molar-refractivity contribution in [3.63, 3.8) is 0 Å². The highest BCUT2D eigenvalue weighted by Crippen LogP contribution is 2.09. The Balaban J connectivity index is 3.15. The molecule has 222 valence electrons. The molecule has 11 N–H and O–H groups in total. The van der Waals surface area contributed by atoms with Crippen LogP contribution in [0.3, 0.4) is 0 Å². The van der Waals surface area contributed by atoms with Gasteiger partial charge in [0, 0.05) is 19.4 Å². The lowest BCUT2D eigenvalue weighted by atomic mass is 10.0. The molecule has 1 aromatic carbocycles. The van der Waals surface area contributed by atoms with Gasteiger partial charge in [0.1, 0.15) is 18.1 Å². The second kappa shape index (κ2) is 17.4. The Labute approximate surface area is 233 Å². The molecule has 0 aromatic heterocycles. The molecule has 0 aliphatic carbocycles. The van der Waals surface area contributed by atoms with Crippen LogP contribution in [0.4, 0.5) is 0 Å². The van der Waals surface area contributed by atoms with E-state index < -0.39 is 53.8 Å². The minimum absolute atomic E-state index is 0.0212. The van der Waals surface area contributed by atoms with Crippen molar-refractivity contribution in [2.75, 3.05) is 6.54 Å². The molecule has 0 saturated carbocycles. The number of carbonyl (C=O) groups is 5. The average molecular weight is 564 g/mol. The third-order valence-electron chi connectivity index (χ3n) is 5.82. The molecule has 4 atom stereocenters. The van der Waals surface area contributed by atoms with E-state index in [9.17, 15) is 29.1 Å². The first-order valence-corrected chi connectivity index (χ1v) is 13.0. The molecule has 40 heavy (non-hydrogen) atoms. The van der Waals surface area contributed by atoms with Gasteiger partial charge in [0.15, 0.2) is 5.96 Å². The first-order valence-electron chi connectivity index (χ1n) is 13.0. The summed E-state index contributed by atoms with van der Waals surface area (Å²) in [6, 6.07) is 4.13. The van der Waals surface area contributed by atoms with Crippen molar-refractivity contribution >= 4 is 35.6 Å². The SMILES string of the molecule is CC(C)CC(NC(=O)C(CCCN=C(N)N)NC(=O)C(Cc1ccccc1)NC(=O)C(N)CCC(=O)O)C(=O)O. The van der Waals surface area contributed by atoms with Crippen molar-refractivity contribution in [1.29, 1.82) is 0 Å². The topological polar surface area (TPSA) is 252 Å². The predicted octanol–water partition coefficient (Wildman–Crippen LogP) is -0.940. The second-order valence-electron chi connectivity index (χ2n) is 9.83. The zero-order chi connectivity index (χ0) is 30.2. The largest absolute Gasteiger partial charge is 0.481 e. The van der Waals surface area contributed by atoms with Gasteiger partial charge in [0.25, 0.3) is 0 Å². The quantitative estimate of drug-likeness (QED) is 0.0618. The highest BCUT2D eigenvalue weighted by atomic mass is 16.4. The lowest BCUT2D eigenvalue weighted by Crippen LogP contribution is -2.57. The monoisotopic (exact) mass is 563 g/mol. The van der Waals surface area contributed by atoms with Gasteiger partial charge in [-0.1, -0.05) is 44.2 Å². The molecule has 14 nitrogen and oxygen atoms in total. The molecule has 0 fully saturated rings. The number of nitrogens with zero attached hydrogens (tertiary/aromatic N) is 1. The van der Waals surface area contributed by atoms with Crippen molar-refractivity contribution in [3.05, 3.63) is 35.9 Å². The molecule has 0 bridgehead atoms. The predicted molar refractivity (Wildman–Crippen MR) is 148 cm³/mol. The maximum Gasteiger partial charge on any atom is 0.326 e. The van der Waals surface area contributed by atoms with Gasteiger partial charge in [0.2, 0.25) is 17.7 Å². The van der Waals surface area contributed by atoms with Crippen LogP contribution in [0.5, 0.6) is 0 Å². The molecule has 1 rings (SSSR count). The Morgan fingerprint density at radius 2 is 1.43 bits per heavy atom. The van der Waals surface area contributed by atoms with E-state index in [1.54, 1.807) is 30.3 Å². The van der Waals surface area contributed by atoms with E-state index in [1.165, 1.54) is 0 Å². The number of carboxylic acid groups (broad SMARTS) is 2. The third-order valence-corrected chi connectivity index (χ3v) is 5.82. The average Bonchev–Trinajstić information content (AvgIpc) is 2.87. The van der Waals surface area contributed by atoms with Crippen LogP contribution in [-0.4, -0.2) is 76.5 Å². The van der Waals surface area contributed by atoms with Crippen LogP contribution < -0.4 is 33.2 Å². The molecule has 0 radical (unpaired) electrons. The number of hydrogen-bond donors (Lipinski definition) is 8. The maximum absolute atomic E-state index is 13.4. The van der Waals surface area contributed by atoms with Crippen LogP contribution in [0.1, 0.15) is 51.5 Å². The van der Waals surface area contributed by atoms with Crippen molar-refractivity contribution in [1.82, 2.24) is 16.0 Å². The first-order chi connectivity index (χ1) is 18.8. The van der Waals surface area contributed by atoms with Crippen LogP contribution >= 0.6 is 0 Å². The van der Waals surface area contributed by atoms with E-state index in [-0.39, 0.29) is 56.9 Å². The number of carbonyl (C=O) groups excluding carboxylic acids is 3. The lowest BCUT2D eigenvalue weighted by Gasteiger charge is -2.25. The number of rotatable bonds is 18. The molecule has 0 saturated heterocycles. The molecule has 3 amide bonds. The van der Waals surface area contributed by atoms with Gasteiger partial charge in [0.05, 0.1) is 6.04 Å². The zero-order valence-electron chi connectivity index (χ0n) is 22.8. The van der Waals surface area contributed by atoms with Crippen molar-refractivity contribution in [2.24, 2.45) is 28.1 Å². The molecule has 14 heteroatoms. The van der Waals surface area contributed by atoms with Crippen molar-refractivity contribution in [2.45, 2.75) is 76.5 Å². The molecule has 0 heterocycles. The highest BCUT2D eigenvalue weighted by molar-refractivity contribution is 5.94. The molecule has 4 unspecified atom stereocenters. The second-order valence-corrected chi connectivity index (χ2v) is 9.83. The number of hydrogen-bond acceptors (Lipinski definition) is 7. The van der Waals surface area contributed by atoms with E-state index in [2.05, 4.69) is 20.9 Å². The standard InChI is InChI=1S/C26H41N7O7/c1-15(2)13-20(25(39)40)33-23(37)18(9-6-12-30-26(28)29)31-24(38)19(14-16-7-4-3-5-8-16)32-22(36)17(27)10-11-21(34)35/h3-5,7-8,15,17-20H,6,9-14,27H2,1-2H3,(H,31,38)(H,32,36)(H,33,37)(H,34,35)(H,39,40)(H4,28,29,30). The minimum atomic E-state index is -1.21. The summed E-state index contributed by atoms with van der Waals surface area (Å²) in [6.07, 6.45) is 0.126. The smallest absolute Gasteiger partial charge is 0.326 e. The first kappa shape index (κ1) is 33.8. The van der Waals surface area contributed by atoms with Gasteiger partial charge >= 0.3 is 11.9 Å². The number of carboxylic acids is 2. The summed E-state index contributed by atoms with van der Waals surface area (Å²) in [5.74, 6) is -4.64. The Hall–Kier alpha value is -4.20. The Bertz CT molecular complexity index is 1030. The summed E-state index contributed by atoms with van der Waals surface area (Å²) >= 11 is 0. The molecule has 1 aromatic rings. The Morgan fingerprint density at radius 1 is 0.850 bits per heavy atom. The number of aliphatic carboxylic acids is 2. The normalized spacial score (nSPS) is 13.8. The maximum atomic E-state index is 13.4. The molecular formula is C26H41N7O7. The van der Waals surface area contributed by atoms with E-state index >= 15 is 0 Å². The van der Waals surface area contributed by atoms with Crippen LogP contribution in [0.2, 0.25) is 0 Å². The summed E-state index contributed by atoms with van der Waals surface area (Å²) in [7, 11) is 0. The van der Waals surface area contributed by atoms with Gasteiger partial charge < -0.3 is 43.4 Å². The van der Waals surface area contributed by atoms with E-state index in [0.29, 0.717) is 5.56 Å². The van der Waals surface area contributed by atoms with Crippen molar-refractivity contribution < 1.29 is 34.2 Å². The van der Waals surface area contributed by atoms with E-state index in [4.69, 9.17) is 22.3 Å². The lowest BCUT2D eigenvalue weighted by molar-refractivity contribution is -0.143. The fourth-order valence-corrected chi connectivity index (χ4v) is 3.76. The summed E-state index contributed by atoms with van der Waals surface area (Å²) in [5, 5.41) is 26.1. The third kappa shape index (κ3) is 13.6. The fraction of sp³-hybridized carbons (Fsp3) is 0.538. The minimum Gasteiger partial charge on any atom is -0.481 e. The molecule has 0 aliphatic heterocycles. The van der Waals surface area contributed by atoms with E-state index in [1.807, 2.05) is 13.8 Å². The molecule has 0 aliphatic rings. The van der Waals surface area contributed by atoms with Gasteiger partial charge in [-0.15, -0.1) is 0 Å². The van der Waals surface area contributed by atoms with Crippen LogP contribution in [0, 0.1) is 5.92 Å². The fourth-order valence-electron chi connectivity index (χ4n) is 3.76. The van der Waals surface area contributed by atoms with Gasteiger partial charge in [-0.2, -0.15) is 0 Å².